The molecule has 0 radical (unpaired) electrons. The molecule has 14 nitrogen and oxygen atoms in total. The van der Waals surface area contributed by atoms with Gasteiger partial charge in [0.2, 0.25) is 0 Å². The molecule has 0 aromatic carbocycles. The third-order valence-corrected chi connectivity index (χ3v) is 14.7. The number of carbonyl (C=O) groups excluding carboxylic acids is 4. The smallest absolute Gasteiger partial charge is 0.308 e. The summed E-state index contributed by atoms with van der Waals surface area (Å²) in [4.78, 5) is 50.3. The van der Waals surface area contributed by atoms with Crippen molar-refractivity contribution in [3.05, 3.63) is 47.6 Å². The van der Waals surface area contributed by atoms with Crippen LogP contribution in [0.2, 0.25) is 0 Å². The lowest BCUT2D eigenvalue weighted by Crippen LogP contribution is -2.41. The van der Waals surface area contributed by atoms with Crippen LogP contribution in [0.1, 0.15) is 132 Å². The zero-order chi connectivity index (χ0) is 49.9. The number of rotatable bonds is 29. The Labute approximate surface area is 406 Å². The largest absolute Gasteiger partial charge is 0.463 e. The summed E-state index contributed by atoms with van der Waals surface area (Å²) in [6.45, 7) is 16.9. The van der Waals surface area contributed by atoms with Crippen LogP contribution in [0.4, 0.5) is 0 Å². The highest BCUT2D eigenvalue weighted by Gasteiger charge is 2.43. The van der Waals surface area contributed by atoms with Crippen molar-refractivity contribution >= 4 is 23.9 Å². The lowest BCUT2D eigenvalue weighted by Gasteiger charge is -2.43. The molecule has 4 rings (SSSR count). The van der Waals surface area contributed by atoms with E-state index in [1.165, 1.54) is 11.1 Å². The topological polar surface area (TPSA) is 205 Å². The van der Waals surface area contributed by atoms with Crippen LogP contribution in [-0.4, -0.2) is 121 Å². The molecular formula is C54H86O14. The van der Waals surface area contributed by atoms with Crippen molar-refractivity contribution < 1.29 is 68.0 Å². The van der Waals surface area contributed by atoms with Crippen molar-refractivity contribution in [1.82, 2.24) is 0 Å². The van der Waals surface area contributed by atoms with E-state index in [0.29, 0.717) is 37.5 Å². The summed E-state index contributed by atoms with van der Waals surface area (Å²) in [5, 5.41) is 42.8. The Bertz CT molecular complexity index is 1580. The zero-order valence-electron chi connectivity index (χ0n) is 42.3. The van der Waals surface area contributed by atoms with Gasteiger partial charge in [-0.3, -0.25) is 19.2 Å². The summed E-state index contributed by atoms with van der Waals surface area (Å²) in [6.07, 6.45) is 13.8. The first-order valence-corrected chi connectivity index (χ1v) is 25.8. The van der Waals surface area contributed by atoms with Crippen molar-refractivity contribution in [3.63, 3.8) is 0 Å². The molecule has 0 aliphatic heterocycles. The molecule has 0 bridgehead atoms. The highest BCUT2D eigenvalue weighted by Crippen LogP contribution is 2.46. The number of aliphatic hydroxyl groups excluding tert-OH is 4. The van der Waals surface area contributed by atoms with Crippen LogP contribution in [0.15, 0.2) is 47.6 Å². The third kappa shape index (κ3) is 18.4. The summed E-state index contributed by atoms with van der Waals surface area (Å²) >= 11 is 0. The van der Waals surface area contributed by atoms with Gasteiger partial charge in [0.1, 0.15) is 25.4 Å². The fourth-order valence-electron chi connectivity index (χ4n) is 10.4. The van der Waals surface area contributed by atoms with Crippen LogP contribution in [0.3, 0.4) is 0 Å². The second-order valence-corrected chi connectivity index (χ2v) is 20.5. The average molecular weight is 959 g/mol. The number of esters is 4. The number of hydrogen-bond donors (Lipinski definition) is 4. The monoisotopic (exact) mass is 959 g/mol. The molecule has 0 fully saturated rings. The lowest BCUT2D eigenvalue weighted by atomic mass is 9.65. The molecule has 0 saturated carbocycles. The number of ether oxygens (including phenoxy) is 6. The van der Waals surface area contributed by atoms with E-state index in [1.807, 2.05) is 27.7 Å². The average Bonchev–Trinajstić information content (AvgIpc) is 3.28. The Morgan fingerprint density at radius 2 is 0.941 bits per heavy atom. The van der Waals surface area contributed by atoms with E-state index in [9.17, 15) is 39.6 Å². The molecule has 0 saturated heterocycles. The fourth-order valence-corrected chi connectivity index (χ4v) is 10.4. The van der Waals surface area contributed by atoms with Crippen molar-refractivity contribution in [2.45, 2.75) is 169 Å². The van der Waals surface area contributed by atoms with Crippen molar-refractivity contribution in [3.8, 4) is 0 Å². The van der Waals surface area contributed by atoms with Crippen LogP contribution in [0.5, 0.6) is 0 Å². The first-order chi connectivity index (χ1) is 32.4. The Kier molecular flexibility index (Phi) is 24.4. The number of allylic oxidation sites excluding steroid dienone is 6. The van der Waals surface area contributed by atoms with Crippen molar-refractivity contribution in [2.24, 2.45) is 59.2 Å². The van der Waals surface area contributed by atoms with E-state index in [4.69, 9.17) is 28.4 Å². The Hall–Kier alpha value is -3.40. The second kappa shape index (κ2) is 29.1. The van der Waals surface area contributed by atoms with Gasteiger partial charge in [0.25, 0.3) is 0 Å². The number of hydrogen-bond acceptors (Lipinski definition) is 14. The highest BCUT2D eigenvalue weighted by molar-refractivity contribution is 5.73. The van der Waals surface area contributed by atoms with E-state index in [1.54, 1.807) is 0 Å². The zero-order valence-corrected chi connectivity index (χ0v) is 42.3. The minimum absolute atomic E-state index is 0.0141. The van der Waals surface area contributed by atoms with Gasteiger partial charge in [-0.1, -0.05) is 91.8 Å². The molecule has 68 heavy (non-hydrogen) atoms. The van der Waals surface area contributed by atoms with Gasteiger partial charge in [-0.05, 0) is 111 Å². The van der Waals surface area contributed by atoms with Crippen LogP contribution in [0.25, 0.3) is 0 Å². The van der Waals surface area contributed by atoms with E-state index in [2.05, 4.69) is 64.2 Å². The van der Waals surface area contributed by atoms with Gasteiger partial charge in [0, 0.05) is 11.8 Å². The van der Waals surface area contributed by atoms with Gasteiger partial charge in [-0.2, -0.15) is 0 Å². The predicted molar refractivity (Wildman–Crippen MR) is 257 cm³/mol. The normalized spacial score (nSPS) is 29.2. The van der Waals surface area contributed by atoms with E-state index < -0.39 is 36.4 Å². The molecule has 0 aromatic rings. The number of aliphatic hydroxyl groups is 4. The quantitative estimate of drug-likeness (QED) is 0.0328. The van der Waals surface area contributed by atoms with Crippen molar-refractivity contribution in [1.29, 1.82) is 0 Å². The molecule has 4 aliphatic carbocycles. The fraction of sp³-hybridized carbons (Fsp3) is 0.778. The molecule has 16 atom stereocenters. The Balaban J connectivity index is 1.02. The van der Waals surface area contributed by atoms with Crippen LogP contribution < -0.4 is 0 Å². The number of fused-ring (bicyclic) bond motifs is 2. The summed E-state index contributed by atoms with van der Waals surface area (Å²) in [6, 6.07) is 0. The molecule has 2 unspecified atom stereocenters. The van der Waals surface area contributed by atoms with Crippen LogP contribution in [-0.2, 0) is 47.6 Å². The van der Waals surface area contributed by atoms with E-state index in [0.717, 1.165) is 25.7 Å². The number of carbonyl (C=O) groups is 4. The standard InChI is InChI=1S/C54H86O14/c1-9-35(5)53(61)67-47-27-33(3)25-39-13-11-37(7)45(51(39)47)17-15-41(55)29-43(57)31-49(59)65-23-21-63-19-20-64-22-24-66-50(60)32-44(58)30-42(56)16-18-46-38(8)12-14-40-26-34(4)28-48(52(40)46)68-54(62)36(6)10-2/h11-14,25-26,33-38,41-48,51-52,55-58H,9-10,15-24,27-32H2,1-8H3/t33-,34-,35?,36?,37-,38-,41-,42-,43-,44+,45-,46-,47-,48-,51-,52-/m0/s1. The van der Waals surface area contributed by atoms with E-state index >= 15 is 0 Å². The maximum absolute atomic E-state index is 12.8. The summed E-state index contributed by atoms with van der Waals surface area (Å²) < 4.78 is 33.5. The van der Waals surface area contributed by atoms with Crippen LogP contribution >= 0.6 is 0 Å². The second-order valence-electron chi connectivity index (χ2n) is 20.5. The Morgan fingerprint density at radius 3 is 1.31 bits per heavy atom. The first kappa shape index (κ1) is 57.2. The van der Waals surface area contributed by atoms with E-state index in [-0.39, 0.29) is 137 Å². The van der Waals surface area contributed by atoms with Gasteiger partial charge < -0.3 is 48.8 Å². The molecule has 0 spiro atoms. The Morgan fingerprint density at radius 1 is 0.574 bits per heavy atom. The van der Waals surface area contributed by atoms with Gasteiger partial charge >= 0.3 is 23.9 Å². The summed E-state index contributed by atoms with van der Waals surface area (Å²) in [7, 11) is 0. The third-order valence-electron chi connectivity index (χ3n) is 14.7. The first-order valence-electron chi connectivity index (χ1n) is 25.8. The minimum atomic E-state index is -1.07. The van der Waals surface area contributed by atoms with Crippen LogP contribution in [0, 0.1) is 59.2 Å². The highest BCUT2D eigenvalue weighted by atomic mass is 16.6. The molecule has 0 amide bonds. The molecule has 0 aromatic heterocycles. The van der Waals surface area contributed by atoms with Crippen molar-refractivity contribution in [2.75, 3.05) is 39.6 Å². The van der Waals surface area contributed by atoms with Gasteiger partial charge in [-0.15, -0.1) is 0 Å². The SMILES string of the molecule is CCC(C)C(=O)O[C@H]1C[C@@H](C)C=C2C=C[C@H](C)[C@H](CC[C@H](O)C[C@H](O)CC(=O)OCCOCCOCCOC(=O)C[C@H](O)C[C@@H](O)CC[C@@H]3[C@@H]4C(=C[C@H](C)C[C@@H]4OC(=O)C(C)CC)C=C[C@@H]3C)[C@H]21. The van der Waals surface area contributed by atoms with Gasteiger partial charge in [0.05, 0.1) is 75.5 Å². The molecular weight excluding hydrogens is 873 g/mol. The molecule has 4 aliphatic rings. The summed E-state index contributed by atoms with van der Waals surface area (Å²) in [5.41, 5.74) is 2.37. The predicted octanol–water partition coefficient (Wildman–Crippen LogP) is 7.40. The lowest BCUT2D eigenvalue weighted by molar-refractivity contribution is -0.159. The molecule has 0 heterocycles. The maximum Gasteiger partial charge on any atom is 0.308 e. The summed E-state index contributed by atoms with van der Waals surface area (Å²) in [5.74, 6) is -0.395. The van der Waals surface area contributed by atoms with Gasteiger partial charge in [0.15, 0.2) is 0 Å². The molecule has 386 valence electrons. The van der Waals surface area contributed by atoms with Gasteiger partial charge in [-0.25, -0.2) is 0 Å². The minimum Gasteiger partial charge on any atom is -0.463 e. The maximum atomic E-state index is 12.8. The molecule has 14 heteroatoms. The molecule has 4 N–H and O–H groups in total.